The summed E-state index contributed by atoms with van der Waals surface area (Å²) in [5.74, 6) is 1.25. The highest BCUT2D eigenvalue weighted by Gasteiger charge is 2.51. The van der Waals surface area contributed by atoms with Gasteiger partial charge in [0, 0.05) is 25.2 Å². The highest BCUT2D eigenvalue weighted by molar-refractivity contribution is 5.85. The quantitative estimate of drug-likeness (QED) is 0.499. The topological polar surface area (TPSA) is 32.8 Å². The van der Waals surface area contributed by atoms with Gasteiger partial charge in [0.1, 0.15) is 5.75 Å². The maximum atomic E-state index is 13.4. The van der Waals surface area contributed by atoms with Crippen molar-refractivity contribution in [2.75, 3.05) is 27.2 Å². The van der Waals surface area contributed by atoms with E-state index in [1.165, 1.54) is 16.7 Å². The number of likely N-dealkylation sites (N-methyl/N-ethyl adjacent to an activating group) is 1. The number of nitrogens with zero attached hydrogens (tertiary/aromatic N) is 2. The summed E-state index contributed by atoms with van der Waals surface area (Å²) in [5.41, 5.74) is 4.78. The van der Waals surface area contributed by atoms with Crippen molar-refractivity contribution >= 4 is 5.91 Å². The number of methoxy groups -OCH3 is 1. The summed E-state index contributed by atoms with van der Waals surface area (Å²) in [7, 11) is 3.73. The first-order chi connectivity index (χ1) is 16.6. The third kappa shape index (κ3) is 4.35. The number of carbonyl (C=O) groups is 1. The minimum Gasteiger partial charge on any atom is -0.496 e. The summed E-state index contributed by atoms with van der Waals surface area (Å²) >= 11 is 0. The van der Waals surface area contributed by atoms with Gasteiger partial charge in [-0.2, -0.15) is 0 Å². The fraction of sp³-hybridized carbons (Fsp3) is 0.367. The lowest BCUT2D eigenvalue weighted by atomic mass is 9.75. The smallest absolute Gasteiger partial charge is 0.228 e. The second-order valence-electron chi connectivity index (χ2n) is 9.88. The van der Waals surface area contributed by atoms with Gasteiger partial charge in [-0.3, -0.25) is 9.69 Å². The van der Waals surface area contributed by atoms with Gasteiger partial charge in [0.25, 0.3) is 0 Å². The third-order valence-corrected chi connectivity index (χ3v) is 7.88. The molecule has 176 valence electrons. The molecule has 0 unspecified atom stereocenters. The third-order valence-electron chi connectivity index (χ3n) is 7.88. The Morgan fingerprint density at radius 2 is 1.53 bits per heavy atom. The Balaban J connectivity index is 1.27. The van der Waals surface area contributed by atoms with Gasteiger partial charge in [-0.1, -0.05) is 72.8 Å². The van der Waals surface area contributed by atoms with E-state index in [0.717, 1.165) is 56.6 Å². The number of carbonyl (C=O) groups excluding carboxylic acids is 1. The predicted molar refractivity (Wildman–Crippen MR) is 137 cm³/mol. The maximum absolute atomic E-state index is 13.4. The molecule has 4 nitrogen and oxygen atoms in total. The van der Waals surface area contributed by atoms with Crippen molar-refractivity contribution in [2.24, 2.45) is 5.41 Å². The summed E-state index contributed by atoms with van der Waals surface area (Å²) in [6.45, 7) is 2.80. The minimum atomic E-state index is -0.188. The molecule has 1 atom stereocenters. The van der Waals surface area contributed by atoms with E-state index >= 15 is 0 Å². The lowest BCUT2D eigenvalue weighted by molar-refractivity contribution is -0.137. The minimum absolute atomic E-state index is 0.188. The molecule has 3 aromatic rings. The SMILES string of the molecule is COc1ccccc1-c1ccccc1CN1CCC2(CC1)C[C@H](Cc1ccccc1)N(C)C2=O. The van der Waals surface area contributed by atoms with Gasteiger partial charge < -0.3 is 9.64 Å². The van der Waals surface area contributed by atoms with Crippen molar-refractivity contribution in [2.45, 2.75) is 38.3 Å². The second kappa shape index (κ2) is 9.63. The van der Waals surface area contributed by atoms with Crippen molar-refractivity contribution < 1.29 is 9.53 Å². The Morgan fingerprint density at radius 3 is 2.26 bits per heavy atom. The zero-order chi connectivity index (χ0) is 23.5. The average Bonchev–Trinajstić information content (AvgIpc) is 3.11. The number of likely N-dealkylation sites (tertiary alicyclic amines) is 2. The summed E-state index contributed by atoms with van der Waals surface area (Å²) in [4.78, 5) is 17.9. The molecular weight excluding hydrogens is 420 g/mol. The molecule has 2 aliphatic rings. The van der Waals surface area contributed by atoms with E-state index in [1.807, 2.05) is 24.1 Å². The van der Waals surface area contributed by atoms with Crippen LogP contribution in [0.15, 0.2) is 78.9 Å². The van der Waals surface area contributed by atoms with Gasteiger partial charge >= 0.3 is 0 Å². The molecule has 0 saturated carbocycles. The summed E-state index contributed by atoms with van der Waals surface area (Å²) in [6.07, 6.45) is 3.81. The summed E-state index contributed by atoms with van der Waals surface area (Å²) in [6, 6.07) is 27.7. The van der Waals surface area contributed by atoms with Crippen LogP contribution in [0.2, 0.25) is 0 Å². The van der Waals surface area contributed by atoms with Crippen LogP contribution >= 0.6 is 0 Å². The van der Waals surface area contributed by atoms with Crippen LogP contribution in [0.3, 0.4) is 0 Å². The molecule has 2 heterocycles. The van der Waals surface area contributed by atoms with Crippen LogP contribution in [0.1, 0.15) is 30.4 Å². The Hall–Kier alpha value is -3.11. The number of hydrogen-bond donors (Lipinski definition) is 0. The van der Waals surface area contributed by atoms with Crippen LogP contribution in [0.4, 0.5) is 0 Å². The Labute approximate surface area is 203 Å². The Bertz CT molecular complexity index is 1140. The number of piperidine rings is 1. The van der Waals surface area contributed by atoms with Gasteiger partial charge in [0.15, 0.2) is 0 Å². The van der Waals surface area contributed by atoms with Crippen LogP contribution in [-0.4, -0.2) is 49.0 Å². The summed E-state index contributed by atoms with van der Waals surface area (Å²) < 4.78 is 5.63. The van der Waals surface area contributed by atoms with Crippen LogP contribution in [0.5, 0.6) is 5.75 Å². The molecule has 0 N–H and O–H groups in total. The van der Waals surface area contributed by atoms with Crippen molar-refractivity contribution in [1.82, 2.24) is 9.80 Å². The van der Waals surface area contributed by atoms with E-state index in [4.69, 9.17) is 4.74 Å². The molecular formula is C30H34N2O2. The van der Waals surface area contributed by atoms with Crippen molar-refractivity contribution in [1.29, 1.82) is 0 Å². The van der Waals surface area contributed by atoms with Crippen LogP contribution in [0, 0.1) is 5.41 Å². The molecule has 1 spiro atoms. The number of benzene rings is 3. The zero-order valence-electron chi connectivity index (χ0n) is 20.2. The monoisotopic (exact) mass is 454 g/mol. The van der Waals surface area contributed by atoms with Gasteiger partial charge in [0.05, 0.1) is 12.5 Å². The number of para-hydroxylation sites is 1. The normalized spacial score (nSPS) is 20.1. The van der Waals surface area contributed by atoms with E-state index in [2.05, 4.69) is 71.6 Å². The number of amides is 1. The average molecular weight is 455 g/mol. The maximum Gasteiger partial charge on any atom is 0.228 e. The predicted octanol–water partition coefficient (Wildman–Crippen LogP) is 5.42. The van der Waals surface area contributed by atoms with Crippen molar-refractivity contribution in [3.05, 3.63) is 90.0 Å². The molecule has 0 aliphatic carbocycles. The molecule has 5 rings (SSSR count). The molecule has 1 amide bonds. The second-order valence-corrected chi connectivity index (χ2v) is 9.88. The molecule has 2 aliphatic heterocycles. The van der Waals surface area contributed by atoms with E-state index in [9.17, 15) is 4.79 Å². The molecule has 3 aromatic carbocycles. The highest BCUT2D eigenvalue weighted by Crippen LogP contribution is 2.45. The fourth-order valence-electron chi connectivity index (χ4n) is 5.90. The Kier molecular flexibility index (Phi) is 6.42. The molecule has 0 aromatic heterocycles. The van der Waals surface area contributed by atoms with Gasteiger partial charge in [-0.25, -0.2) is 0 Å². The van der Waals surface area contributed by atoms with Crippen molar-refractivity contribution in [3.8, 4) is 16.9 Å². The van der Waals surface area contributed by atoms with E-state index in [1.54, 1.807) is 7.11 Å². The van der Waals surface area contributed by atoms with Crippen molar-refractivity contribution in [3.63, 3.8) is 0 Å². The van der Waals surface area contributed by atoms with Gasteiger partial charge in [-0.15, -0.1) is 0 Å². The Morgan fingerprint density at radius 1 is 0.882 bits per heavy atom. The summed E-state index contributed by atoms with van der Waals surface area (Å²) in [5, 5.41) is 0. The number of ether oxygens (including phenoxy) is 1. The van der Waals surface area contributed by atoms with Crippen LogP contribution in [0.25, 0.3) is 11.1 Å². The van der Waals surface area contributed by atoms with E-state index in [-0.39, 0.29) is 5.41 Å². The number of hydrogen-bond acceptors (Lipinski definition) is 3. The molecule has 0 bridgehead atoms. The number of rotatable bonds is 6. The largest absolute Gasteiger partial charge is 0.496 e. The zero-order valence-corrected chi connectivity index (χ0v) is 20.2. The van der Waals surface area contributed by atoms with E-state index < -0.39 is 0 Å². The molecule has 34 heavy (non-hydrogen) atoms. The molecule has 0 radical (unpaired) electrons. The van der Waals surface area contributed by atoms with Gasteiger partial charge in [0.2, 0.25) is 5.91 Å². The van der Waals surface area contributed by atoms with Gasteiger partial charge in [-0.05, 0) is 61.5 Å². The first kappa shape index (κ1) is 22.7. The lowest BCUT2D eigenvalue weighted by Crippen LogP contribution is -2.43. The highest BCUT2D eigenvalue weighted by atomic mass is 16.5. The van der Waals surface area contributed by atoms with E-state index in [0.29, 0.717) is 11.9 Å². The lowest BCUT2D eigenvalue weighted by Gasteiger charge is -2.38. The van der Waals surface area contributed by atoms with Crippen LogP contribution < -0.4 is 4.74 Å². The standard InChI is InChI=1S/C30H34N2O2/c1-31-25(20-23-10-4-3-5-11-23)21-30(29(31)33)16-18-32(19-17-30)22-24-12-6-7-13-26(24)27-14-8-9-15-28(27)34-2/h3-15,25H,16-22H2,1-2H3/t25-/m0/s1. The van der Waals surface area contributed by atoms with Crippen LogP contribution in [-0.2, 0) is 17.8 Å². The molecule has 2 saturated heterocycles. The fourth-order valence-corrected chi connectivity index (χ4v) is 5.90. The molecule has 4 heteroatoms. The molecule has 2 fully saturated rings. The first-order valence-electron chi connectivity index (χ1n) is 12.3. The first-order valence-corrected chi connectivity index (χ1v) is 12.3.